The molecule has 0 bridgehead atoms. The number of rotatable bonds is 71. The van der Waals surface area contributed by atoms with Crippen LogP contribution in [0, 0.1) is 0 Å². The van der Waals surface area contributed by atoms with E-state index >= 15 is 0 Å². The van der Waals surface area contributed by atoms with E-state index in [1.54, 1.807) is 0 Å². The summed E-state index contributed by atoms with van der Waals surface area (Å²) in [4.78, 5) is 40.4. The Hall–Kier alpha value is -3.33. The van der Waals surface area contributed by atoms with Gasteiger partial charge in [-0.1, -0.05) is 336 Å². The summed E-state index contributed by atoms with van der Waals surface area (Å²) in [5.41, 5.74) is 0. The van der Waals surface area contributed by atoms with Crippen molar-refractivity contribution in [3.8, 4) is 0 Å². The lowest BCUT2D eigenvalue weighted by Crippen LogP contribution is -2.47. The van der Waals surface area contributed by atoms with Crippen LogP contribution in [0.5, 0.6) is 0 Å². The summed E-state index contributed by atoms with van der Waals surface area (Å²) in [6.45, 7) is 6.74. The lowest BCUT2D eigenvalue weighted by molar-refractivity contribution is -0.870. The molecule has 0 aliphatic carbocycles. The molecule has 0 aromatic carbocycles. The Labute approximate surface area is 576 Å². The Morgan fingerprint density at radius 2 is 0.688 bits per heavy atom. The number of nitrogens with one attached hydrogen (secondary N) is 1. The summed E-state index contributed by atoms with van der Waals surface area (Å²) in [5, 5.41) is 3.05. The van der Waals surface area contributed by atoms with Gasteiger partial charge in [-0.2, -0.15) is 0 Å². The predicted molar refractivity (Wildman–Crippen MR) is 404 cm³/mol. The van der Waals surface area contributed by atoms with Gasteiger partial charge in [-0.15, -0.1) is 0 Å². The van der Waals surface area contributed by atoms with Gasteiger partial charge in [0.1, 0.15) is 19.3 Å². The van der Waals surface area contributed by atoms with Crippen LogP contribution in [0.2, 0.25) is 0 Å². The molecule has 0 aromatic rings. The standard InChI is InChI=1S/C83H149N2O7P/c1-7-10-13-16-19-22-25-28-30-32-34-36-38-40-42-44-46-48-50-52-54-57-60-63-66-69-72-75-82(86)84-80(79-91-93(88,89)90-78-77-85(4,5)6)81(74-71-68-65-62-59-56-27-24-21-18-15-12-9-3)92-83(87)76-73-70-67-64-61-58-55-53-51-49-47-45-43-41-39-37-35-33-31-29-26-23-20-17-14-11-8-2/h10,13,19-20,22-23,28-31,34,36,40,42,46,48,71,74,80-81H,7-9,11-12,14-18,21,24-27,32-33,35,37-39,41,43-45,47,49-70,72-73,75-79H2,1-6H3,(H-,84,86,88,89)/b13-10-,22-19-,23-20-,30-28-,31-29-,36-34-,42-40-,48-46-,74-71+. The van der Waals surface area contributed by atoms with Crippen molar-refractivity contribution in [3.63, 3.8) is 0 Å². The van der Waals surface area contributed by atoms with E-state index in [0.717, 1.165) is 116 Å². The fourth-order valence-electron chi connectivity index (χ4n) is 11.2. The number of amides is 1. The maximum absolute atomic E-state index is 13.7. The summed E-state index contributed by atoms with van der Waals surface area (Å²) in [5.74, 6) is -0.542. The molecule has 0 spiro atoms. The van der Waals surface area contributed by atoms with Crippen LogP contribution in [0.15, 0.2) is 109 Å². The van der Waals surface area contributed by atoms with Crippen LogP contribution in [-0.4, -0.2) is 69.4 Å². The average Bonchev–Trinajstić information content (AvgIpc) is 2.31. The first-order valence-electron chi connectivity index (χ1n) is 39.2. The Morgan fingerprint density at radius 3 is 1.05 bits per heavy atom. The normalized spacial score (nSPS) is 14.0. The van der Waals surface area contributed by atoms with Gasteiger partial charge in [-0.25, -0.2) is 0 Å². The highest BCUT2D eigenvalue weighted by molar-refractivity contribution is 7.45. The molecular formula is C83H149N2O7P. The van der Waals surface area contributed by atoms with E-state index in [-0.39, 0.29) is 24.9 Å². The minimum atomic E-state index is -4.72. The van der Waals surface area contributed by atoms with Crippen LogP contribution >= 0.6 is 7.82 Å². The number of esters is 1. The zero-order chi connectivity index (χ0) is 67.8. The smallest absolute Gasteiger partial charge is 0.306 e. The number of likely N-dealkylation sites (N-methyl/N-ethyl adjacent to an activating group) is 1. The molecule has 0 fully saturated rings. The lowest BCUT2D eigenvalue weighted by Gasteiger charge is -2.30. The van der Waals surface area contributed by atoms with E-state index in [0.29, 0.717) is 17.4 Å². The zero-order valence-corrected chi connectivity index (χ0v) is 62.6. The van der Waals surface area contributed by atoms with Crippen LogP contribution in [0.4, 0.5) is 0 Å². The fraction of sp³-hybridized carbons (Fsp3) is 0.759. The SMILES string of the molecule is CC/C=C\C/C=C\C/C=C\C/C=C\C/C=C\C/C=C\CCCCCCCCCCC(=O)NC(COP(=O)([O-])OCC[N+](C)(C)C)C(/C=C/CCCCCCCCCCCCC)OC(=O)CCCCCCCCCCCCCCCCCCC/C=C\C/C=C\CCCCC. The Balaban J connectivity index is 5.00. The lowest BCUT2D eigenvalue weighted by atomic mass is 10.0. The van der Waals surface area contributed by atoms with Crippen molar-refractivity contribution in [2.24, 2.45) is 0 Å². The van der Waals surface area contributed by atoms with E-state index in [4.69, 9.17) is 13.8 Å². The van der Waals surface area contributed by atoms with Crippen LogP contribution in [0.1, 0.15) is 355 Å². The second-order valence-electron chi connectivity index (χ2n) is 27.5. The van der Waals surface area contributed by atoms with Gasteiger partial charge in [0.25, 0.3) is 7.82 Å². The van der Waals surface area contributed by atoms with Gasteiger partial charge >= 0.3 is 5.97 Å². The number of carbonyl (C=O) groups is 2. The summed E-state index contributed by atoms with van der Waals surface area (Å²) >= 11 is 0. The van der Waals surface area contributed by atoms with Gasteiger partial charge in [-0.05, 0) is 115 Å². The number of allylic oxidation sites excluding steroid dienone is 17. The molecule has 0 aromatic heterocycles. The van der Waals surface area contributed by atoms with Gasteiger partial charge in [0.2, 0.25) is 5.91 Å². The second kappa shape index (κ2) is 71.4. The predicted octanol–water partition coefficient (Wildman–Crippen LogP) is 24.9. The highest BCUT2D eigenvalue weighted by Crippen LogP contribution is 2.38. The summed E-state index contributed by atoms with van der Waals surface area (Å²) in [6.07, 6.45) is 99.4. The molecule has 0 aliphatic rings. The molecule has 0 aliphatic heterocycles. The fourth-order valence-corrected chi connectivity index (χ4v) is 11.9. The minimum Gasteiger partial charge on any atom is -0.756 e. The number of ether oxygens (including phenoxy) is 1. The van der Waals surface area contributed by atoms with Crippen molar-refractivity contribution in [1.82, 2.24) is 5.32 Å². The molecule has 1 N–H and O–H groups in total. The number of carbonyl (C=O) groups excluding carboxylic acids is 2. The Morgan fingerprint density at radius 1 is 0.387 bits per heavy atom. The second-order valence-corrected chi connectivity index (χ2v) is 28.9. The minimum absolute atomic E-state index is 0.0273. The average molecular weight is 1320 g/mol. The molecule has 93 heavy (non-hydrogen) atoms. The van der Waals surface area contributed by atoms with Gasteiger partial charge in [0.05, 0.1) is 33.8 Å². The number of nitrogens with zero attached hydrogens (tertiary/aromatic N) is 1. The van der Waals surface area contributed by atoms with Gasteiger partial charge in [-0.3, -0.25) is 14.2 Å². The molecule has 9 nitrogen and oxygen atoms in total. The molecule has 0 saturated carbocycles. The molecule has 3 atom stereocenters. The summed E-state index contributed by atoms with van der Waals surface area (Å²) in [7, 11) is 1.18. The van der Waals surface area contributed by atoms with Crippen LogP contribution < -0.4 is 10.2 Å². The van der Waals surface area contributed by atoms with Crippen molar-refractivity contribution in [2.75, 3.05) is 40.9 Å². The molecule has 538 valence electrons. The Kier molecular flexibility index (Phi) is 68.9. The zero-order valence-electron chi connectivity index (χ0n) is 61.7. The third-order valence-electron chi connectivity index (χ3n) is 17.2. The molecule has 3 unspecified atom stereocenters. The molecule has 0 radical (unpaired) electrons. The van der Waals surface area contributed by atoms with Crippen molar-refractivity contribution in [3.05, 3.63) is 109 Å². The summed E-state index contributed by atoms with van der Waals surface area (Å²) < 4.78 is 30.6. The third-order valence-corrected chi connectivity index (χ3v) is 18.2. The topological polar surface area (TPSA) is 114 Å². The quantitative estimate of drug-likeness (QED) is 0.0212. The van der Waals surface area contributed by atoms with E-state index in [2.05, 4.69) is 123 Å². The van der Waals surface area contributed by atoms with Crippen LogP contribution in [0.25, 0.3) is 0 Å². The van der Waals surface area contributed by atoms with E-state index < -0.39 is 26.6 Å². The number of phosphoric acid groups is 1. The number of quaternary nitrogens is 1. The van der Waals surface area contributed by atoms with E-state index in [1.165, 1.54) is 205 Å². The van der Waals surface area contributed by atoms with Gasteiger partial charge < -0.3 is 28.5 Å². The van der Waals surface area contributed by atoms with E-state index in [1.807, 2.05) is 33.3 Å². The molecule has 1 amide bonds. The Bertz CT molecular complexity index is 1960. The first-order valence-corrected chi connectivity index (χ1v) is 40.7. The first-order chi connectivity index (χ1) is 45.4. The van der Waals surface area contributed by atoms with Crippen LogP contribution in [0.3, 0.4) is 0 Å². The number of unbranched alkanes of at least 4 members (excludes halogenated alkanes) is 39. The number of hydrogen-bond acceptors (Lipinski definition) is 7. The first kappa shape index (κ1) is 89.7. The molecule has 10 heteroatoms. The maximum atomic E-state index is 13.7. The third kappa shape index (κ3) is 72.8. The number of phosphoric ester groups is 1. The highest BCUT2D eigenvalue weighted by atomic mass is 31.2. The molecule has 0 rings (SSSR count). The highest BCUT2D eigenvalue weighted by Gasteiger charge is 2.27. The maximum Gasteiger partial charge on any atom is 0.306 e. The van der Waals surface area contributed by atoms with Crippen molar-refractivity contribution < 1.29 is 37.3 Å². The molecule has 0 heterocycles. The van der Waals surface area contributed by atoms with E-state index in [9.17, 15) is 19.0 Å². The van der Waals surface area contributed by atoms with Crippen LogP contribution in [-0.2, 0) is 27.9 Å². The molecule has 0 saturated heterocycles. The van der Waals surface area contributed by atoms with Gasteiger partial charge in [0, 0.05) is 12.8 Å². The van der Waals surface area contributed by atoms with Gasteiger partial charge in [0.15, 0.2) is 0 Å². The van der Waals surface area contributed by atoms with Crippen molar-refractivity contribution in [2.45, 2.75) is 367 Å². The van der Waals surface area contributed by atoms with Crippen molar-refractivity contribution >= 4 is 19.7 Å². The number of hydrogen-bond donors (Lipinski definition) is 1. The monoisotopic (exact) mass is 1320 g/mol. The van der Waals surface area contributed by atoms with Crippen molar-refractivity contribution in [1.29, 1.82) is 0 Å². The summed E-state index contributed by atoms with van der Waals surface area (Å²) in [6, 6.07) is -0.900. The largest absolute Gasteiger partial charge is 0.756 e. The molecular weight excluding hydrogens is 1170 g/mol.